The molecule has 2 heterocycles. The topological polar surface area (TPSA) is 100 Å². The molecule has 4 N–H and O–H groups in total. The second-order valence-corrected chi connectivity index (χ2v) is 13.3. The number of anilines is 1. The lowest BCUT2D eigenvalue weighted by Gasteiger charge is -2.37. The van der Waals surface area contributed by atoms with Crippen LogP contribution >= 0.6 is 12.2 Å². The van der Waals surface area contributed by atoms with Gasteiger partial charge in [0.1, 0.15) is 22.9 Å². The third kappa shape index (κ3) is 8.21. The SMILES string of the molecule is CCCCCCCCCCCCCCCCCCNC(=S)Nc1c(O)ccc2c1Oc1cc(O)ccc1C21OC(=O)c2ccccc21. The molecule has 3 aromatic rings. The lowest BCUT2D eigenvalue weighted by atomic mass is 9.77. The second-order valence-electron chi connectivity index (χ2n) is 12.9. The molecule has 0 bridgehead atoms. The summed E-state index contributed by atoms with van der Waals surface area (Å²) in [6.45, 7) is 2.99. The van der Waals surface area contributed by atoms with Crippen molar-refractivity contribution in [3.63, 3.8) is 0 Å². The molecule has 8 heteroatoms. The van der Waals surface area contributed by atoms with Crippen LogP contribution in [0.2, 0.25) is 0 Å². The molecule has 2 aliphatic heterocycles. The van der Waals surface area contributed by atoms with Gasteiger partial charge in [0.05, 0.1) is 11.1 Å². The second kappa shape index (κ2) is 16.9. The minimum atomic E-state index is -1.31. The number of nitrogens with one attached hydrogen (secondary N) is 2. The van der Waals surface area contributed by atoms with E-state index in [9.17, 15) is 15.0 Å². The van der Waals surface area contributed by atoms with Gasteiger partial charge < -0.3 is 30.3 Å². The van der Waals surface area contributed by atoms with Crippen molar-refractivity contribution in [2.45, 2.75) is 115 Å². The maximum atomic E-state index is 13.1. The molecule has 7 nitrogen and oxygen atoms in total. The highest BCUT2D eigenvalue weighted by Gasteiger charge is 2.54. The number of ether oxygens (including phenoxy) is 2. The van der Waals surface area contributed by atoms with Crippen LogP contribution in [0.25, 0.3) is 0 Å². The summed E-state index contributed by atoms with van der Waals surface area (Å²) >= 11 is 5.60. The van der Waals surface area contributed by atoms with Gasteiger partial charge >= 0.3 is 5.97 Å². The molecule has 1 spiro atoms. The van der Waals surface area contributed by atoms with Gasteiger partial charge in [-0.2, -0.15) is 0 Å². The Kier molecular flexibility index (Phi) is 12.4. The number of aromatic hydroxyl groups is 2. The van der Waals surface area contributed by atoms with Crippen LogP contribution < -0.4 is 15.4 Å². The maximum Gasteiger partial charge on any atom is 0.340 e. The molecule has 2 aliphatic rings. The Hall–Kier alpha value is -3.78. The van der Waals surface area contributed by atoms with Crippen LogP contribution in [0.4, 0.5) is 5.69 Å². The molecular weight excluding hydrogens is 609 g/mol. The zero-order valence-corrected chi connectivity index (χ0v) is 28.6. The normalized spacial score (nSPS) is 15.8. The molecule has 0 radical (unpaired) electrons. The third-order valence-electron chi connectivity index (χ3n) is 9.40. The van der Waals surface area contributed by atoms with E-state index in [1.54, 1.807) is 36.4 Å². The molecule has 0 aromatic heterocycles. The van der Waals surface area contributed by atoms with Crippen LogP contribution in [0.15, 0.2) is 54.6 Å². The predicted octanol–water partition coefficient (Wildman–Crippen LogP) is 10.2. The Bertz CT molecular complexity index is 1530. The molecule has 252 valence electrons. The zero-order chi connectivity index (χ0) is 33.1. The summed E-state index contributed by atoms with van der Waals surface area (Å²) in [4.78, 5) is 13.1. The molecule has 1 atom stereocenters. The molecule has 3 aromatic carbocycles. The number of phenolic OH excluding ortho intramolecular Hbond substituents is 2. The molecule has 0 aliphatic carbocycles. The monoisotopic (exact) mass is 658 g/mol. The van der Waals surface area contributed by atoms with Gasteiger partial charge in [0, 0.05) is 23.7 Å². The number of hydrogen-bond donors (Lipinski definition) is 4. The van der Waals surface area contributed by atoms with Crippen molar-refractivity contribution in [1.82, 2.24) is 5.32 Å². The fourth-order valence-corrected chi connectivity index (χ4v) is 7.07. The summed E-state index contributed by atoms with van der Waals surface area (Å²) in [6.07, 6.45) is 21.2. The summed E-state index contributed by atoms with van der Waals surface area (Å²) in [5.74, 6) is 0.0881. The van der Waals surface area contributed by atoms with Crippen molar-refractivity contribution in [2.24, 2.45) is 0 Å². The van der Waals surface area contributed by atoms with Crippen LogP contribution in [0, 0.1) is 0 Å². The van der Waals surface area contributed by atoms with Crippen molar-refractivity contribution >= 4 is 29.0 Å². The number of fused-ring (bicyclic) bond motifs is 6. The number of esters is 1. The standard InChI is InChI=1S/C39H50N2O5S/c1-2-3-4-5-6-7-8-9-10-11-12-13-14-15-16-19-26-40-38(47)41-35-33(43)25-24-32-36(35)45-34-27-28(42)22-23-31(34)39(32)30-21-18-17-20-29(30)37(44)46-39/h17-18,20-25,27,42-43H,2-16,19,26H2,1H3,(H2,40,41,47). The molecule has 1 unspecified atom stereocenters. The van der Waals surface area contributed by atoms with E-state index in [-0.39, 0.29) is 22.9 Å². The molecule has 0 saturated carbocycles. The summed E-state index contributed by atoms with van der Waals surface area (Å²) in [7, 11) is 0. The van der Waals surface area contributed by atoms with Crippen molar-refractivity contribution in [3.8, 4) is 23.0 Å². The summed E-state index contributed by atoms with van der Waals surface area (Å²) in [5.41, 5.74) is 1.22. The minimum Gasteiger partial charge on any atom is -0.508 e. The van der Waals surface area contributed by atoms with Crippen LogP contribution in [-0.2, 0) is 10.3 Å². The van der Waals surface area contributed by atoms with Crippen molar-refractivity contribution in [2.75, 3.05) is 11.9 Å². The molecular formula is C39H50N2O5S. The highest BCUT2D eigenvalue weighted by Crippen LogP contribution is 2.59. The number of benzene rings is 3. The van der Waals surface area contributed by atoms with Gasteiger partial charge in [0.2, 0.25) is 0 Å². The quantitative estimate of drug-likeness (QED) is 0.0464. The van der Waals surface area contributed by atoms with E-state index in [0.717, 1.165) is 12.8 Å². The Morgan fingerprint density at radius 2 is 1.34 bits per heavy atom. The predicted molar refractivity (Wildman–Crippen MR) is 192 cm³/mol. The number of unbranched alkanes of at least 4 members (excludes halogenated alkanes) is 15. The van der Waals surface area contributed by atoms with Crippen molar-refractivity contribution in [3.05, 3.63) is 76.9 Å². The fourth-order valence-electron chi connectivity index (χ4n) is 6.87. The molecule has 0 fully saturated rings. The largest absolute Gasteiger partial charge is 0.508 e. The highest BCUT2D eigenvalue weighted by atomic mass is 32.1. The van der Waals surface area contributed by atoms with E-state index in [1.165, 1.54) is 96.0 Å². The van der Waals surface area contributed by atoms with Crippen LogP contribution in [0.1, 0.15) is 137 Å². The Labute approximate surface area is 285 Å². The van der Waals surface area contributed by atoms with Crippen molar-refractivity contribution < 1.29 is 24.5 Å². The lowest BCUT2D eigenvalue weighted by Crippen LogP contribution is -2.34. The fraction of sp³-hybridized carbons (Fsp3) is 0.487. The number of rotatable bonds is 18. The summed E-state index contributed by atoms with van der Waals surface area (Å²) in [5, 5.41) is 27.9. The van der Waals surface area contributed by atoms with E-state index in [1.807, 2.05) is 12.1 Å². The minimum absolute atomic E-state index is 0.00520. The van der Waals surface area contributed by atoms with E-state index in [0.29, 0.717) is 39.7 Å². The highest BCUT2D eigenvalue weighted by molar-refractivity contribution is 7.80. The van der Waals surface area contributed by atoms with E-state index < -0.39 is 11.6 Å². The maximum absolute atomic E-state index is 13.1. The number of carbonyl (C=O) groups is 1. The average Bonchev–Trinajstić information content (AvgIpc) is 3.36. The van der Waals surface area contributed by atoms with Gasteiger partial charge in [-0.1, -0.05) is 121 Å². The first-order chi connectivity index (χ1) is 23.0. The van der Waals surface area contributed by atoms with E-state index in [4.69, 9.17) is 21.7 Å². The van der Waals surface area contributed by atoms with Crippen LogP contribution in [-0.4, -0.2) is 27.8 Å². The van der Waals surface area contributed by atoms with Gasteiger partial charge in [-0.25, -0.2) is 4.79 Å². The van der Waals surface area contributed by atoms with Gasteiger partial charge in [-0.3, -0.25) is 0 Å². The smallest absolute Gasteiger partial charge is 0.340 e. The number of phenols is 2. The zero-order valence-electron chi connectivity index (χ0n) is 27.7. The molecule has 0 saturated heterocycles. The van der Waals surface area contributed by atoms with Gasteiger partial charge in [0.25, 0.3) is 0 Å². The lowest BCUT2D eigenvalue weighted by molar-refractivity contribution is 0.0224. The van der Waals surface area contributed by atoms with Crippen LogP contribution in [0.3, 0.4) is 0 Å². The Morgan fingerprint density at radius 3 is 2.00 bits per heavy atom. The Balaban J connectivity index is 1.09. The van der Waals surface area contributed by atoms with Gasteiger partial charge in [0.15, 0.2) is 16.5 Å². The number of hydrogen-bond acceptors (Lipinski definition) is 6. The number of carbonyl (C=O) groups excluding carboxylic acids is 1. The first-order valence-corrected chi connectivity index (χ1v) is 18.1. The first kappa shape index (κ1) is 34.6. The molecule has 47 heavy (non-hydrogen) atoms. The Morgan fingerprint density at radius 1 is 0.745 bits per heavy atom. The molecule has 5 rings (SSSR count). The average molecular weight is 659 g/mol. The third-order valence-corrected chi connectivity index (χ3v) is 9.64. The van der Waals surface area contributed by atoms with E-state index in [2.05, 4.69) is 17.6 Å². The summed E-state index contributed by atoms with van der Waals surface area (Å²) in [6, 6.07) is 15.2. The number of thiocarbonyl (C=S) groups is 1. The summed E-state index contributed by atoms with van der Waals surface area (Å²) < 4.78 is 12.4. The van der Waals surface area contributed by atoms with Gasteiger partial charge in [-0.05, 0) is 49.0 Å². The van der Waals surface area contributed by atoms with Gasteiger partial charge in [-0.15, -0.1) is 0 Å². The van der Waals surface area contributed by atoms with Crippen LogP contribution in [0.5, 0.6) is 23.0 Å². The van der Waals surface area contributed by atoms with Crippen molar-refractivity contribution in [1.29, 1.82) is 0 Å². The van der Waals surface area contributed by atoms with E-state index >= 15 is 0 Å². The first-order valence-electron chi connectivity index (χ1n) is 17.7. The molecule has 0 amide bonds.